The Morgan fingerprint density at radius 1 is 1.19 bits per heavy atom. The molecule has 0 atom stereocenters. The molecule has 0 amide bonds. The summed E-state index contributed by atoms with van der Waals surface area (Å²) in [5.41, 5.74) is 3.19. The molecule has 0 unspecified atom stereocenters. The van der Waals surface area contributed by atoms with E-state index in [4.69, 9.17) is 4.74 Å². The lowest BCUT2D eigenvalue weighted by molar-refractivity contribution is -0.305. The molecule has 2 aromatic rings. The third-order valence-corrected chi connectivity index (χ3v) is 3.49. The molecule has 2 rings (SSSR count). The van der Waals surface area contributed by atoms with Crippen molar-refractivity contribution in [1.82, 2.24) is 4.57 Å². The number of carboxylic acid groups (broad SMARTS) is 1. The summed E-state index contributed by atoms with van der Waals surface area (Å²) in [7, 11) is 1.64. The topological polar surface area (TPSA) is 54.3 Å². The van der Waals surface area contributed by atoms with Crippen LogP contribution in [0.1, 0.15) is 32.0 Å². The summed E-state index contributed by atoms with van der Waals surface area (Å²) in [6, 6.07) is 12.1. The van der Waals surface area contributed by atoms with E-state index >= 15 is 0 Å². The Bertz CT molecular complexity index is 611. The molecule has 1 heterocycles. The van der Waals surface area contributed by atoms with Crippen LogP contribution in [0.2, 0.25) is 0 Å². The maximum absolute atomic E-state index is 10.7. The van der Waals surface area contributed by atoms with Crippen LogP contribution in [0.3, 0.4) is 0 Å². The first-order chi connectivity index (χ1) is 10.0. The SMILES string of the molecule is COc1ccc(-c2ccc(CCC(=O)[O-])n2C(C)C)cc1. The fourth-order valence-electron chi connectivity index (χ4n) is 2.53. The van der Waals surface area contributed by atoms with Gasteiger partial charge in [0.1, 0.15) is 5.75 Å². The highest BCUT2D eigenvalue weighted by Gasteiger charge is 2.12. The van der Waals surface area contributed by atoms with E-state index in [1.807, 2.05) is 36.4 Å². The van der Waals surface area contributed by atoms with Gasteiger partial charge in [-0.25, -0.2) is 0 Å². The van der Waals surface area contributed by atoms with Crippen molar-refractivity contribution in [2.24, 2.45) is 0 Å². The Hall–Kier alpha value is -2.23. The number of aliphatic carboxylic acids is 1. The third-order valence-electron chi connectivity index (χ3n) is 3.49. The Morgan fingerprint density at radius 2 is 1.86 bits per heavy atom. The Morgan fingerprint density at radius 3 is 2.38 bits per heavy atom. The lowest BCUT2D eigenvalue weighted by Crippen LogP contribution is -2.23. The second-order valence-electron chi connectivity index (χ2n) is 5.27. The molecular weight excluding hydrogens is 266 g/mol. The standard InChI is InChI=1S/C17H21NO3/c1-12(2)18-14(7-11-17(19)20)6-10-16(18)13-4-8-15(21-3)9-5-13/h4-6,8-10,12H,7,11H2,1-3H3,(H,19,20)/p-1. The van der Waals surface area contributed by atoms with Gasteiger partial charge in [0, 0.05) is 23.4 Å². The number of nitrogens with zero attached hydrogens (tertiary/aromatic N) is 1. The first-order valence-corrected chi connectivity index (χ1v) is 7.07. The van der Waals surface area contributed by atoms with Crippen molar-refractivity contribution >= 4 is 5.97 Å². The number of methoxy groups -OCH3 is 1. The van der Waals surface area contributed by atoms with Gasteiger partial charge in [-0.05, 0) is 68.7 Å². The molecule has 1 aromatic carbocycles. The maximum Gasteiger partial charge on any atom is 0.118 e. The summed E-state index contributed by atoms with van der Waals surface area (Å²) in [5.74, 6) is -0.198. The lowest BCUT2D eigenvalue weighted by atomic mass is 10.1. The molecule has 0 aliphatic heterocycles. The summed E-state index contributed by atoms with van der Waals surface area (Å²) in [6.07, 6.45) is 0.523. The number of carbonyl (C=O) groups excluding carboxylic acids is 1. The van der Waals surface area contributed by atoms with Crippen LogP contribution in [-0.4, -0.2) is 17.6 Å². The number of rotatable bonds is 6. The van der Waals surface area contributed by atoms with Gasteiger partial charge in [0.25, 0.3) is 0 Å². The minimum atomic E-state index is -1.02. The summed E-state index contributed by atoms with van der Waals surface area (Å²) in [4.78, 5) is 10.7. The van der Waals surface area contributed by atoms with Crippen molar-refractivity contribution in [3.05, 3.63) is 42.1 Å². The van der Waals surface area contributed by atoms with Crippen LogP contribution < -0.4 is 9.84 Å². The van der Waals surface area contributed by atoms with E-state index in [0.29, 0.717) is 6.42 Å². The summed E-state index contributed by atoms with van der Waals surface area (Å²) >= 11 is 0. The highest BCUT2D eigenvalue weighted by molar-refractivity contribution is 5.65. The molecular formula is C17H20NO3-. The van der Waals surface area contributed by atoms with Crippen LogP contribution >= 0.6 is 0 Å². The van der Waals surface area contributed by atoms with Crippen LogP contribution in [0, 0.1) is 0 Å². The number of ether oxygens (including phenoxy) is 1. The van der Waals surface area contributed by atoms with E-state index < -0.39 is 5.97 Å². The monoisotopic (exact) mass is 286 g/mol. The Labute approximate surface area is 125 Å². The summed E-state index contributed by atoms with van der Waals surface area (Å²) in [6.45, 7) is 4.19. The number of aromatic nitrogens is 1. The number of hydrogen-bond acceptors (Lipinski definition) is 3. The quantitative estimate of drug-likeness (QED) is 0.819. The van der Waals surface area contributed by atoms with Gasteiger partial charge in [-0.1, -0.05) is 0 Å². The molecule has 4 nitrogen and oxygen atoms in total. The van der Waals surface area contributed by atoms with Gasteiger partial charge in [0.05, 0.1) is 7.11 Å². The van der Waals surface area contributed by atoms with E-state index in [-0.39, 0.29) is 12.5 Å². The molecule has 112 valence electrons. The smallest absolute Gasteiger partial charge is 0.118 e. The number of carbonyl (C=O) groups is 1. The van der Waals surface area contributed by atoms with Crippen molar-refractivity contribution in [2.75, 3.05) is 7.11 Å². The second-order valence-corrected chi connectivity index (χ2v) is 5.27. The number of aryl methyl sites for hydroxylation is 1. The largest absolute Gasteiger partial charge is 0.550 e. The van der Waals surface area contributed by atoms with Crippen molar-refractivity contribution in [1.29, 1.82) is 0 Å². The molecule has 0 aliphatic rings. The molecule has 1 aromatic heterocycles. The van der Waals surface area contributed by atoms with Gasteiger partial charge < -0.3 is 19.2 Å². The molecule has 0 aliphatic carbocycles. The average Bonchev–Trinajstić information content (AvgIpc) is 2.89. The average molecular weight is 286 g/mol. The van der Waals surface area contributed by atoms with Crippen LogP contribution in [-0.2, 0) is 11.2 Å². The number of hydrogen-bond donors (Lipinski definition) is 0. The summed E-state index contributed by atoms with van der Waals surface area (Å²) in [5, 5.41) is 10.7. The lowest BCUT2D eigenvalue weighted by Gasteiger charge is -2.18. The minimum absolute atomic E-state index is 0.0405. The molecule has 0 radical (unpaired) electrons. The highest BCUT2D eigenvalue weighted by atomic mass is 16.5. The molecule has 0 N–H and O–H groups in total. The van der Waals surface area contributed by atoms with Gasteiger partial charge in [0.2, 0.25) is 0 Å². The van der Waals surface area contributed by atoms with Crippen LogP contribution in [0.4, 0.5) is 0 Å². The first kappa shape index (κ1) is 15.2. The molecule has 0 fully saturated rings. The van der Waals surface area contributed by atoms with Crippen molar-refractivity contribution in [3.63, 3.8) is 0 Å². The molecule has 0 saturated heterocycles. The van der Waals surface area contributed by atoms with Gasteiger partial charge in [0.15, 0.2) is 0 Å². The van der Waals surface area contributed by atoms with Gasteiger partial charge >= 0.3 is 0 Å². The second kappa shape index (κ2) is 6.48. The zero-order valence-corrected chi connectivity index (χ0v) is 12.6. The van der Waals surface area contributed by atoms with Crippen molar-refractivity contribution in [2.45, 2.75) is 32.7 Å². The zero-order valence-electron chi connectivity index (χ0n) is 12.6. The van der Waals surface area contributed by atoms with E-state index in [9.17, 15) is 9.90 Å². The molecule has 4 heteroatoms. The molecule has 0 saturated carbocycles. The fourth-order valence-corrected chi connectivity index (χ4v) is 2.53. The number of benzene rings is 1. The predicted octanol–water partition coefficient (Wildman–Crippen LogP) is 2.43. The van der Waals surface area contributed by atoms with Crippen LogP contribution in [0.15, 0.2) is 36.4 Å². The van der Waals surface area contributed by atoms with Gasteiger partial charge in [-0.3, -0.25) is 0 Å². The van der Waals surface area contributed by atoms with Crippen molar-refractivity contribution in [3.8, 4) is 17.0 Å². The fraction of sp³-hybridized carbons (Fsp3) is 0.353. The molecule has 21 heavy (non-hydrogen) atoms. The third kappa shape index (κ3) is 3.45. The van der Waals surface area contributed by atoms with E-state index in [0.717, 1.165) is 22.7 Å². The van der Waals surface area contributed by atoms with E-state index in [1.54, 1.807) is 7.11 Å². The van der Waals surface area contributed by atoms with Crippen LogP contribution in [0.5, 0.6) is 5.75 Å². The molecule has 0 spiro atoms. The van der Waals surface area contributed by atoms with Crippen molar-refractivity contribution < 1.29 is 14.6 Å². The predicted molar refractivity (Wildman–Crippen MR) is 80.1 cm³/mol. The van der Waals surface area contributed by atoms with E-state index in [1.165, 1.54) is 0 Å². The van der Waals surface area contributed by atoms with Gasteiger partial charge in [-0.15, -0.1) is 0 Å². The normalized spacial score (nSPS) is 10.9. The zero-order chi connectivity index (χ0) is 15.4. The number of carboxylic acids is 1. The van der Waals surface area contributed by atoms with E-state index in [2.05, 4.69) is 18.4 Å². The highest BCUT2D eigenvalue weighted by Crippen LogP contribution is 2.28. The molecule has 0 bridgehead atoms. The van der Waals surface area contributed by atoms with Gasteiger partial charge in [-0.2, -0.15) is 0 Å². The van der Waals surface area contributed by atoms with Crippen LogP contribution in [0.25, 0.3) is 11.3 Å². The Balaban J connectivity index is 2.36. The Kier molecular flexibility index (Phi) is 4.68. The summed E-state index contributed by atoms with van der Waals surface area (Å²) < 4.78 is 7.35. The maximum atomic E-state index is 10.7. The first-order valence-electron chi connectivity index (χ1n) is 7.07. The minimum Gasteiger partial charge on any atom is -0.550 e.